The van der Waals surface area contributed by atoms with Crippen molar-refractivity contribution in [1.82, 2.24) is 15.5 Å². The molecule has 1 heterocycles. The van der Waals surface area contributed by atoms with Crippen molar-refractivity contribution in [3.05, 3.63) is 35.6 Å². The van der Waals surface area contributed by atoms with Crippen LogP contribution in [0.1, 0.15) is 31.4 Å². The van der Waals surface area contributed by atoms with Gasteiger partial charge in [0.15, 0.2) is 5.96 Å². The van der Waals surface area contributed by atoms with Crippen LogP contribution in [0.2, 0.25) is 0 Å². The molecule has 1 saturated carbocycles. The molecule has 1 aliphatic carbocycles. The predicted molar refractivity (Wildman–Crippen MR) is 124 cm³/mol. The first-order chi connectivity index (χ1) is 13.8. The van der Waals surface area contributed by atoms with Gasteiger partial charge in [0.05, 0.1) is 32.4 Å². The van der Waals surface area contributed by atoms with Crippen molar-refractivity contribution in [2.45, 2.75) is 25.8 Å². The minimum absolute atomic E-state index is 0. The van der Waals surface area contributed by atoms with Crippen molar-refractivity contribution in [1.29, 1.82) is 0 Å². The third-order valence-corrected chi connectivity index (χ3v) is 5.10. The summed E-state index contributed by atoms with van der Waals surface area (Å²) >= 11 is 0. The van der Waals surface area contributed by atoms with Crippen LogP contribution in [0.3, 0.4) is 0 Å². The summed E-state index contributed by atoms with van der Waals surface area (Å²) in [6, 6.07) is 6.86. The molecule has 1 aromatic rings. The van der Waals surface area contributed by atoms with E-state index in [1.54, 1.807) is 0 Å². The van der Waals surface area contributed by atoms with Crippen LogP contribution >= 0.6 is 24.0 Å². The summed E-state index contributed by atoms with van der Waals surface area (Å²) < 4.78 is 24.5. The van der Waals surface area contributed by atoms with Crippen molar-refractivity contribution in [2.75, 3.05) is 59.2 Å². The molecule has 1 aromatic carbocycles. The number of morpholine rings is 1. The fourth-order valence-corrected chi connectivity index (χ4v) is 3.30. The van der Waals surface area contributed by atoms with Gasteiger partial charge in [-0.2, -0.15) is 0 Å². The maximum atomic E-state index is 13.4. The second kappa shape index (κ2) is 13.4. The minimum Gasteiger partial charge on any atom is -0.379 e. The van der Waals surface area contributed by atoms with E-state index in [0.717, 1.165) is 63.4 Å². The minimum atomic E-state index is -0.214. The van der Waals surface area contributed by atoms with Gasteiger partial charge < -0.3 is 20.1 Å². The van der Waals surface area contributed by atoms with E-state index in [4.69, 9.17) is 14.5 Å². The van der Waals surface area contributed by atoms with E-state index in [9.17, 15) is 4.39 Å². The molecule has 6 nitrogen and oxygen atoms in total. The molecule has 29 heavy (non-hydrogen) atoms. The van der Waals surface area contributed by atoms with Crippen LogP contribution in [0.4, 0.5) is 4.39 Å². The van der Waals surface area contributed by atoms with Crippen LogP contribution in [0, 0.1) is 11.7 Å². The smallest absolute Gasteiger partial charge is 0.191 e. The highest BCUT2D eigenvalue weighted by atomic mass is 127. The van der Waals surface area contributed by atoms with Gasteiger partial charge in [0.1, 0.15) is 5.82 Å². The standard InChI is InChI=1S/C21H33FN4O2.HI/c1-2-23-21(24-9-12-28-16-17-3-4-17)25-15-20(26-10-13-27-14-11-26)18-5-7-19(22)8-6-18;/h5-8,17,20H,2-4,9-16H2,1H3,(H2,23,24,25);1H. The molecule has 1 atom stereocenters. The number of hydrogen-bond acceptors (Lipinski definition) is 4. The Balaban J connectivity index is 0.00000300. The van der Waals surface area contributed by atoms with E-state index in [1.807, 2.05) is 12.1 Å². The highest BCUT2D eigenvalue weighted by Crippen LogP contribution is 2.28. The molecule has 3 rings (SSSR count). The molecule has 8 heteroatoms. The Hall–Kier alpha value is -0.970. The quantitative estimate of drug-likeness (QED) is 0.215. The van der Waals surface area contributed by atoms with Gasteiger partial charge in [-0.15, -0.1) is 24.0 Å². The zero-order valence-electron chi connectivity index (χ0n) is 17.2. The van der Waals surface area contributed by atoms with Gasteiger partial charge in [-0.05, 0) is 43.4 Å². The lowest BCUT2D eigenvalue weighted by Crippen LogP contribution is -2.42. The van der Waals surface area contributed by atoms with Crippen LogP contribution in [0.5, 0.6) is 0 Å². The van der Waals surface area contributed by atoms with E-state index in [2.05, 4.69) is 22.5 Å². The molecule has 0 bridgehead atoms. The third kappa shape index (κ3) is 8.74. The van der Waals surface area contributed by atoms with Gasteiger partial charge in [-0.25, -0.2) is 4.39 Å². The molecule has 2 aliphatic rings. The Kier molecular flexibility index (Phi) is 11.2. The second-order valence-electron chi connectivity index (χ2n) is 7.38. The van der Waals surface area contributed by atoms with E-state index in [0.29, 0.717) is 13.2 Å². The van der Waals surface area contributed by atoms with Crippen molar-refractivity contribution in [3.63, 3.8) is 0 Å². The van der Waals surface area contributed by atoms with Crippen molar-refractivity contribution >= 4 is 29.9 Å². The number of benzene rings is 1. The van der Waals surface area contributed by atoms with E-state index >= 15 is 0 Å². The second-order valence-corrected chi connectivity index (χ2v) is 7.38. The van der Waals surface area contributed by atoms with Gasteiger partial charge >= 0.3 is 0 Å². The first-order valence-electron chi connectivity index (χ1n) is 10.4. The Morgan fingerprint density at radius 1 is 1.24 bits per heavy atom. The fourth-order valence-electron chi connectivity index (χ4n) is 3.30. The van der Waals surface area contributed by atoms with Crippen LogP contribution in [0.15, 0.2) is 29.3 Å². The summed E-state index contributed by atoms with van der Waals surface area (Å²) in [5.74, 6) is 1.36. The number of ether oxygens (including phenoxy) is 2. The summed E-state index contributed by atoms with van der Waals surface area (Å²) in [5.41, 5.74) is 1.08. The van der Waals surface area contributed by atoms with Gasteiger partial charge in [0.2, 0.25) is 0 Å². The zero-order valence-corrected chi connectivity index (χ0v) is 19.6. The maximum absolute atomic E-state index is 13.4. The number of guanidine groups is 1. The topological polar surface area (TPSA) is 58.1 Å². The van der Waals surface area contributed by atoms with E-state index in [-0.39, 0.29) is 35.8 Å². The number of aliphatic imine (C=N–C) groups is 1. The number of nitrogens with one attached hydrogen (secondary N) is 2. The van der Waals surface area contributed by atoms with Crippen LogP contribution in [-0.2, 0) is 9.47 Å². The molecule has 164 valence electrons. The van der Waals surface area contributed by atoms with Crippen LogP contribution in [-0.4, -0.2) is 70.0 Å². The molecule has 0 spiro atoms. The summed E-state index contributed by atoms with van der Waals surface area (Å²) in [4.78, 5) is 7.16. The Labute approximate surface area is 190 Å². The third-order valence-electron chi connectivity index (χ3n) is 5.10. The van der Waals surface area contributed by atoms with Crippen molar-refractivity contribution in [2.24, 2.45) is 10.9 Å². The van der Waals surface area contributed by atoms with Crippen molar-refractivity contribution in [3.8, 4) is 0 Å². The molecule has 2 N–H and O–H groups in total. The zero-order chi connectivity index (χ0) is 19.6. The SMILES string of the molecule is CCNC(=NCC(c1ccc(F)cc1)N1CCOCC1)NCCOCC1CC1.I. The Morgan fingerprint density at radius 2 is 1.97 bits per heavy atom. The molecule has 2 fully saturated rings. The summed E-state index contributed by atoms with van der Waals surface area (Å²) in [7, 11) is 0. The van der Waals surface area contributed by atoms with Crippen LogP contribution in [0.25, 0.3) is 0 Å². The lowest BCUT2D eigenvalue weighted by atomic mass is 10.0. The molecular weight excluding hydrogens is 486 g/mol. The summed E-state index contributed by atoms with van der Waals surface area (Å²) in [6.07, 6.45) is 2.62. The van der Waals surface area contributed by atoms with Gasteiger partial charge in [0.25, 0.3) is 0 Å². The molecule has 1 aliphatic heterocycles. The molecule has 0 aromatic heterocycles. The largest absolute Gasteiger partial charge is 0.379 e. The van der Waals surface area contributed by atoms with Gasteiger partial charge in [-0.3, -0.25) is 9.89 Å². The number of hydrogen-bond donors (Lipinski definition) is 2. The van der Waals surface area contributed by atoms with Gasteiger partial charge in [0, 0.05) is 32.8 Å². The lowest BCUT2D eigenvalue weighted by Gasteiger charge is -2.34. The number of halogens is 2. The number of rotatable bonds is 10. The van der Waals surface area contributed by atoms with Crippen LogP contribution < -0.4 is 10.6 Å². The predicted octanol–water partition coefficient (Wildman–Crippen LogP) is 2.80. The Bertz CT molecular complexity index is 607. The summed E-state index contributed by atoms with van der Waals surface area (Å²) in [5, 5.41) is 6.64. The molecular formula is C21H34FIN4O2. The molecule has 1 saturated heterocycles. The van der Waals surface area contributed by atoms with E-state index < -0.39 is 0 Å². The van der Waals surface area contributed by atoms with E-state index in [1.165, 1.54) is 25.0 Å². The molecule has 0 amide bonds. The molecule has 1 unspecified atom stereocenters. The first kappa shape index (κ1) is 24.3. The highest BCUT2D eigenvalue weighted by Gasteiger charge is 2.23. The Morgan fingerprint density at radius 3 is 2.62 bits per heavy atom. The monoisotopic (exact) mass is 520 g/mol. The maximum Gasteiger partial charge on any atom is 0.191 e. The van der Waals surface area contributed by atoms with Gasteiger partial charge in [-0.1, -0.05) is 12.1 Å². The van der Waals surface area contributed by atoms with Crippen molar-refractivity contribution < 1.29 is 13.9 Å². The number of nitrogens with zero attached hydrogens (tertiary/aromatic N) is 2. The first-order valence-corrected chi connectivity index (χ1v) is 10.4. The average Bonchev–Trinajstić information content (AvgIpc) is 3.54. The lowest BCUT2D eigenvalue weighted by molar-refractivity contribution is 0.0179. The summed E-state index contributed by atoms with van der Waals surface area (Å²) in [6.45, 7) is 8.91. The normalized spacial score (nSPS) is 18.8. The average molecular weight is 520 g/mol. The fraction of sp³-hybridized carbons (Fsp3) is 0.667. The molecule has 0 radical (unpaired) electrons. The highest BCUT2D eigenvalue weighted by molar-refractivity contribution is 14.0.